The lowest BCUT2D eigenvalue weighted by atomic mass is 9.89. The predicted molar refractivity (Wildman–Crippen MR) is 211 cm³/mol. The number of primary amides is 1. The average Bonchev–Trinajstić information content (AvgIpc) is 3.10. The number of hydrogen-bond acceptors (Lipinski definition) is 12. The molecule has 1 aliphatic rings. The smallest absolute Gasteiger partial charge is 0.444 e. The van der Waals surface area contributed by atoms with Crippen LogP contribution in [-0.2, 0) is 23.9 Å². The Balaban J connectivity index is 0.0000108. The van der Waals surface area contributed by atoms with Crippen LogP contribution in [0.15, 0.2) is 48.5 Å². The van der Waals surface area contributed by atoms with Crippen molar-refractivity contribution in [3.05, 3.63) is 64.2 Å². The molecule has 0 aliphatic carbocycles. The number of carbonyl (C=O) groups is 6. The van der Waals surface area contributed by atoms with E-state index >= 15 is 0 Å². The number of nitrogens with two attached hydrogens (primary N) is 1. The van der Waals surface area contributed by atoms with Crippen LogP contribution in [0, 0.1) is 22.0 Å². The van der Waals surface area contributed by atoms with Crippen molar-refractivity contribution in [2.75, 3.05) is 45.1 Å². The molecule has 5 N–H and O–H groups in total. The quantitative estimate of drug-likeness (QED) is 0.0466. The second-order valence-electron chi connectivity index (χ2n) is 14.5. The van der Waals surface area contributed by atoms with Gasteiger partial charge in [-0.3, -0.25) is 24.5 Å². The molecular formula is C37H54N7O11P. The Morgan fingerprint density at radius 2 is 1.55 bits per heavy atom. The SMILES string of the molecule is CC(C)[C@H](NC(=O)OC(C)(C)C)C(=O)C[C@@H](CCCNC(N)=O)C(=O)Nc1ccc(C(OC(=O)Oc2ccc([N+](=O)[O-])cc2)C(=O)N2CCN(C)CC2)cc1.P. The van der Waals surface area contributed by atoms with E-state index in [1.54, 1.807) is 39.5 Å². The number of benzene rings is 2. The molecule has 0 saturated carbocycles. The summed E-state index contributed by atoms with van der Waals surface area (Å²) in [6.45, 7) is 10.8. The summed E-state index contributed by atoms with van der Waals surface area (Å²) in [6.07, 6.45) is -3.11. The first-order chi connectivity index (χ1) is 25.8. The van der Waals surface area contributed by atoms with Crippen molar-refractivity contribution in [3.63, 3.8) is 0 Å². The lowest BCUT2D eigenvalue weighted by Gasteiger charge is -2.34. The van der Waals surface area contributed by atoms with E-state index in [-0.39, 0.29) is 58.0 Å². The van der Waals surface area contributed by atoms with Crippen LogP contribution in [0.5, 0.6) is 5.75 Å². The standard InChI is InChI=1S/C37H51N7O11.H3P/c1-23(2)30(41-35(49)55-37(3,4)5)29(45)22-25(8-7-17-39-34(38)48)32(46)40-26-11-9-24(10-12-26)31(33(47)43-20-18-42(6)19-21-43)54-36(50)53-28-15-13-27(14-16-28)44(51)52;/h9-16,23,25,30-31H,7-8,17-22H2,1-6H3,(H,40,46)(H,41,49)(H3,38,39,48);1H3/t25-,30+,31?;/m1./s1. The minimum absolute atomic E-state index is 0. The summed E-state index contributed by atoms with van der Waals surface area (Å²) in [4.78, 5) is 91.5. The molecule has 2 aromatic rings. The van der Waals surface area contributed by atoms with Gasteiger partial charge in [0.05, 0.1) is 11.0 Å². The molecule has 18 nitrogen and oxygen atoms in total. The molecule has 0 bridgehead atoms. The Kier molecular flexibility index (Phi) is 18.1. The van der Waals surface area contributed by atoms with Crippen molar-refractivity contribution in [2.45, 2.75) is 71.6 Å². The molecule has 0 radical (unpaired) electrons. The molecule has 19 heteroatoms. The molecule has 1 saturated heterocycles. The van der Waals surface area contributed by atoms with Gasteiger partial charge >= 0.3 is 18.3 Å². The molecule has 2 aromatic carbocycles. The zero-order chi connectivity index (χ0) is 40.9. The van der Waals surface area contributed by atoms with Crippen LogP contribution in [0.3, 0.4) is 0 Å². The summed E-state index contributed by atoms with van der Waals surface area (Å²) < 4.78 is 16.1. The van der Waals surface area contributed by atoms with Gasteiger partial charge in [0.2, 0.25) is 12.0 Å². The monoisotopic (exact) mass is 803 g/mol. The second-order valence-corrected chi connectivity index (χ2v) is 14.5. The van der Waals surface area contributed by atoms with E-state index in [9.17, 15) is 38.9 Å². The fourth-order valence-electron chi connectivity index (χ4n) is 5.60. The molecule has 0 spiro atoms. The third kappa shape index (κ3) is 15.4. The minimum atomic E-state index is -1.42. The number of nitrogens with one attached hydrogen (secondary N) is 3. The van der Waals surface area contributed by atoms with Gasteiger partial charge in [0, 0.05) is 68.4 Å². The molecule has 1 aliphatic heterocycles. The Morgan fingerprint density at radius 3 is 2.09 bits per heavy atom. The molecule has 56 heavy (non-hydrogen) atoms. The molecule has 2 unspecified atom stereocenters. The molecule has 308 valence electrons. The molecule has 4 atom stereocenters. The average molecular weight is 804 g/mol. The van der Waals surface area contributed by atoms with E-state index in [0.29, 0.717) is 38.3 Å². The molecule has 1 fully saturated rings. The third-order valence-corrected chi connectivity index (χ3v) is 8.52. The molecule has 3 rings (SSSR count). The number of ketones is 1. The number of amides is 5. The number of rotatable bonds is 16. The van der Waals surface area contributed by atoms with E-state index in [0.717, 1.165) is 12.1 Å². The van der Waals surface area contributed by atoms with E-state index in [4.69, 9.17) is 19.9 Å². The lowest BCUT2D eigenvalue weighted by Crippen LogP contribution is -2.49. The zero-order valence-electron chi connectivity index (χ0n) is 32.7. The number of anilines is 1. The van der Waals surface area contributed by atoms with Crippen LogP contribution >= 0.6 is 9.90 Å². The summed E-state index contributed by atoms with van der Waals surface area (Å²) in [5, 5.41) is 18.9. The minimum Gasteiger partial charge on any atom is -0.444 e. The van der Waals surface area contributed by atoms with Gasteiger partial charge in [0.15, 0.2) is 5.78 Å². The van der Waals surface area contributed by atoms with Gasteiger partial charge in [0.25, 0.3) is 11.6 Å². The maximum Gasteiger partial charge on any atom is 0.514 e. The first kappa shape index (κ1) is 46.8. The van der Waals surface area contributed by atoms with Gasteiger partial charge in [0.1, 0.15) is 11.4 Å². The number of likely N-dealkylation sites (N-methyl/N-ethyl adjacent to an activating group) is 1. The van der Waals surface area contributed by atoms with Gasteiger partial charge in [-0.2, -0.15) is 9.90 Å². The van der Waals surface area contributed by atoms with Crippen molar-refractivity contribution < 1.29 is 47.9 Å². The summed E-state index contributed by atoms with van der Waals surface area (Å²) in [5.41, 5.74) is 4.77. The number of non-ortho nitro benzene ring substituents is 1. The number of ether oxygens (including phenoxy) is 3. The number of urea groups is 1. The number of nitrogens with zero attached hydrogens (tertiary/aromatic N) is 3. The summed E-state index contributed by atoms with van der Waals surface area (Å²) in [5.74, 6) is -2.60. The van der Waals surface area contributed by atoms with Crippen LogP contribution < -0.4 is 26.4 Å². The van der Waals surface area contributed by atoms with Gasteiger partial charge in [-0.15, -0.1) is 0 Å². The number of piperazine rings is 1. The molecule has 5 amide bonds. The number of nitro benzene ring substituents is 1. The normalized spacial score (nSPS) is 14.6. The highest BCUT2D eigenvalue weighted by Gasteiger charge is 2.33. The summed E-state index contributed by atoms with van der Waals surface area (Å²) >= 11 is 0. The Morgan fingerprint density at radius 1 is 0.946 bits per heavy atom. The number of Topliss-reactive ketones (excluding diaryl/α,β-unsaturated/α-hetero) is 1. The van der Waals surface area contributed by atoms with Crippen molar-refractivity contribution in [3.8, 4) is 5.75 Å². The Labute approximate surface area is 329 Å². The second kappa shape index (κ2) is 21.7. The largest absolute Gasteiger partial charge is 0.514 e. The van der Waals surface area contributed by atoms with Crippen molar-refractivity contribution >= 4 is 57.2 Å². The van der Waals surface area contributed by atoms with E-state index in [1.807, 2.05) is 7.05 Å². The van der Waals surface area contributed by atoms with Gasteiger partial charge < -0.3 is 45.7 Å². The fourth-order valence-corrected chi connectivity index (χ4v) is 5.60. The zero-order valence-corrected chi connectivity index (χ0v) is 34.1. The van der Waals surface area contributed by atoms with Crippen molar-refractivity contribution in [1.29, 1.82) is 0 Å². The summed E-state index contributed by atoms with van der Waals surface area (Å²) in [6, 6.07) is 9.13. The van der Waals surface area contributed by atoms with E-state index < -0.39 is 58.7 Å². The van der Waals surface area contributed by atoms with Crippen LogP contribution in [0.4, 0.5) is 25.8 Å². The molecular weight excluding hydrogens is 749 g/mol. The van der Waals surface area contributed by atoms with Crippen LogP contribution in [0.25, 0.3) is 0 Å². The predicted octanol–water partition coefficient (Wildman–Crippen LogP) is 4.20. The fraction of sp³-hybridized carbons (Fsp3) is 0.514. The highest BCUT2D eigenvalue weighted by molar-refractivity contribution is 6.92. The number of alkyl carbamates (subject to hydrolysis) is 1. The van der Waals surface area contributed by atoms with Crippen LogP contribution in [-0.4, -0.2) is 102 Å². The van der Waals surface area contributed by atoms with Gasteiger partial charge in [-0.05, 0) is 70.8 Å². The van der Waals surface area contributed by atoms with Crippen LogP contribution in [0.2, 0.25) is 0 Å². The van der Waals surface area contributed by atoms with Gasteiger partial charge in [-0.1, -0.05) is 26.0 Å². The third-order valence-electron chi connectivity index (χ3n) is 8.52. The number of hydrogen-bond donors (Lipinski definition) is 4. The van der Waals surface area contributed by atoms with E-state index in [2.05, 4.69) is 20.9 Å². The molecule has 0 aromatic heterocycles. The number of carbonyl (C=O) groups excluding carboxylic acids is 6. The molecule has 1 heterocycles. The van der Waals surface area contributed by atoms with E-state index in [1.165, 1.54) is 36.4 Å². The summed E-state index contributed by atoms with van der Waals surface area (Å²) in [7, 11) is 1.92. The Bertz CT molecular complexity index is 1680. The lowest BCUT2D eigenvalue weighted by molar-refractivity contribution is -0.384. The highest BCUT2D eigenvalue weighted by Crippen LogP contribution is 2.26. The first-order valence-electron chi connectivity index (χ1n) is 17.9. The topological polar surface area (TPSA) is 242 Å². The van der Waals surface area contributed by atoms with Crippen molar-refractivity contribution in [2.24, 2.45) is 17.6 Å². The maximum absolute atomic E-state index is 13.7. The highest BCUT2D eigenvalue weighted by atomic mass is 31.0. The van der Waals surface area contributed by atoms with Crippen molar-refractivity contribution in [1.82, 2.24) is 20.4 Å². The van der Waals surface area contributed by atoms with Gasteiger partial charge in [-0.25, -0.2) is 14.4 Å². The van der Waals surface area contributed by atoms with Crippen LogP contribution in [0.1, 0.15) is 65.5 Å². The number of nitro groups is 1. The maximum atomic E-state index is 13.7. The first-order valence-corrected chi connectivity index (χ1v) is 17.9. The Hall–Kier alpha value is -5.35.